The summed E-state index contributed by atoms with van der Waals surface area (Å²) in [7, 11) is 0. The van der Waals surface area contributed by atoms with E-state index in [0.717, 1.165) is 77.0 Å². The van der Waals surface area contributed by atoms with Gasteiger partial charge >= 0.3 is 11.9 Å². The van der Waals surface area contributed by atoms with Gasteiger partial charge in [-0.25, -0.2) is 0 Å². The highest BCUT2D eigenvalue weighted by Crippen LogP contribution is 2.52. The molecule has 0 spiro atoms. The van der Waals surface area contributed by atoms with Gasteiger partial charge in [0.15, 0.2) is 0 Å². The second kappa shape index (κ2) is 67.2. The number of rotatable bonds is 77. The molecule has 0 radical (unpaired) electrons. The molecule has 0 N–H and O–H groups in total. The van der Waals surface area contributed by atoms with Gasteiger partial charge in [0, 0.05) is 0 Å². The predicted molar refractivity (Wildman–Crippen MR) is 442 cm³/mol. The largest absolute Gasteiger partial charge is 0.367 e. The molecule has 2 rings (SSSR count). The molecule has 6 nitrogen and oxygen atoms in total. The third-order valence-corrected chi connectivity index (χ3v) is 25.2. The maximum atomic E-state index is 15.6. The molecule has 0 aliphatic carbocycles. The molecule has 2 fully saturated rings. The quantitative estimate of drug-likeness (QED) is 0.0566. The molecule has 0 atom stereocenters. The van der Waals surface area contributed by atoms with Gasteiger partial charge in [-0.3, -0.25) is 9.59 Å². The predicted octanol–water partition coefficient (Wildman–Crippen LogP) is 32.9. The smallest absolute Gasteiger partial charge is 0.325 e. The Labute approximate surface area is 629 Å². The molecule has 2 aliphatic rings. The van der Waals surface area contributed by atoms with E-state index >= 15 is 9.59 Å². The van der Waals surface area contributed by atoms with Crippen LogP contribution in [0.4, 0.5) is 0 Å². The lowest BCUT2D eigenvalue weighted by atomic mass is 9.69. The lowest BCUT2D eigenvalue weighted by molar-refractivity contribution is -0.291. The van der Waals surface area contributed by atoms with E-state index in [9.17, 15) is 0 Å². The van der Waals surface area contributed by atoms with Crippen LogP contribution in [0.25, 0.3) is 0 Å². The van der Waals surface area contributed by atoms with Gasteiger partial charge in [-0.15, -0.1) is 10.1 Å². The first-order valence-electron chi connectivity index (χ1n) is 47.2. The molecule has 594 valence electrons. The van der Waals surface area contributed by atoms with Crippen LogP contribution in [-0.2, 0) is 19.3 Å². The summed E-state index contributed by atoms with van der Waals surface area (Å²) in [6.07, 6.45) is 100. The zero-order chi connectivity index (χ0) is 72.3. The van der Waals surface area contributed by atoms with E-state index in [-0.39, 0.29) is 46.9 Å². The molecule has 0 aromatic heterocycles. The summed E-state index contributed by atoms with van der Waals surface area (Å²) in [5.41, 5.74) is -0.658. The Kier molecular flexibility index (Phi) is 63.8. The molecule has 100 heavy (non-hydrogen) atoms. The van der Waals surface area contributed by atoms with E-state index in [2.05, 4.69) is 65.5 Å². The average molecular weight is 1410 g/mol. The van der Waals surface area contributed by atoms with E-state index in [0.29, 0.717) is 0 Å². The molecular formula is C94H184N2O4. The molecule has 2 heterocycles. The highest BCUT2D eigenvalue weighted by Gasteiger charge is 2.55. The fraction of sp³-hybridized carbons (Fsp3) is 0.979. The summed E-state index contributed by atoms with van der Waals surface area (Å²) >= 11 is 0. The van der Waals surface area contributed by atoms with Crippen molar-refractivity contribution in [2.75, 3.05) is 0 Å². The first kappa shape index (κ1) is 94.9. The fourth-order valence-corrected chi connectivity index (χ4v) is 18.8. The van der Waals surface area contributed by atoms with Crippen molar-refractivity contribution in [2.45, 2.75) is 591 Å². The van der Waals surface area contributed by atoms with Gasteiger partial charge in [-0.05, 0) is 89.9 Å². The van der Waals surface area contributed by atoms with E-state index < -0.39 is 0 Å². The maximum absolute atomic E-state index is 15.6. The Hall–Kier alpha value is -1.14. The highest BCUT2D eigenvalue weighted by molar-refractivity contribution is 5.77. The first-order valence-corrected chi connectivity index (χ1v) is 47.2. The van der Waals surface area contributed by atoms with Crippen molar-refractivity contribution in [2.24, 2.45) is 0 Å². The van der Waals surface area contributed by atoms with Crippen molar-refractivity contribution in [1.29, 1.82) is 0 Å². The van der Waals surface area contributed by atoms with Crippen LogP contribution in [0.3, 0.4) is 0 Å². The Morgan fingerprint density at radius 2 is 0.320 bits per heavy atom. The van der Waals surface area contributed by atoms with Gasteiger partial charge in [0.2, 0.25) is 0 Å². The van der Waals surface area contributed by atoms with Crippen LogP contribution in [0.1, 0.15) is 569 Å². The molecule has 0 bridgehead atoms. The average Bonchev–Trinajstić information content (AvgIpc) is 0.760. The minimum Gasteiger partial charge on any atom is -0.367 e. The summed E-state index contributed by atoms with van der Waals surface area (Å²) in [5, 5.41) is 5.09. The number of hydrogen-bond donors (Lipinski definition) is 0. The lowest BCUT2D eigenvalue weighted by Crippen LogP contribution is -2.64. The Morgan fingerprint density at radius 3 is 0.450 bits per heavy atom. The molecule has 0 aromatic rings. The van der Waals surface area contributed by atoms with Crippen molar-refractivity contribution in [3.05, 3.63) is 0 Å². The standard InChI is InChI=1S/C94H184N2O4/c1-9-17-25-33-41-49-57-65-77-91(78-66-58-50-42-34-26-18-10-2)85-73-86-92(79-67-59-51-43-35-27-19-11-3,80-68-60-52-44-36-28-20-12-4)95(91)99-89(97)75-76-90(98)100-96-93(81-69-61-53-45-37-29-21-13-5,82-70-62-54-46-38-30-22-14-6)87-74-88-94(96,83-71-63-55-47-39-31-23-15-7)84-72-64-56-48-40-32-24-16-8/h9-88H2,1-8H3. The summed E-state index contributed by atoms with van der Waals surface area (Å²) in [5.74, 6) is -0.337. The van der Waals surface area contributed by atoms with Crippen LogP contribution >= 0.6 is 0 Å². The second-order valence-corrected chi connectivity index (χ2v) is 34.4. The van der Waals surface area contributed by atoms with Crippen LogP contribution < -0.4 is 0 Å². The molecule has 0 amide bonds. The number of unbranched alkanes of at least 4 members (excludes halogenated alkanes) is 56. The van der Waals surface area contributed by atoms with Crippen molar-refractivity contribution < 1.29 is 19.3 Å². The van der Waals surface area contributed by atoms with Crippen molar-refractivity contribution in [3.63, 3.8) is 0 Å². The molecule has 0 saturated carbocycles. The number of piperidine rings is 2. The molecule has 0 unspecified atom stereocenters. The first-order chi connectivity index (χ1) is 49.2. The van der Waals surface area contributed by atoms with Crippen molar-refractivity contribution in [1.82, 2.24) is 10.1 Å². The van der Waals surface area contributed by atoms with Crippen molar-refractivity contribution >= 4 is 11.9 Å². The van der Waals surface area contributed by atoms with Gasteiger partial charge in [0.25, 0.3) is 0 Å². The molecular weight excluding hydrogens is 1220 g/mol. The summed E-state index contributed by atoms with van der Waals surface area (Å²) < 4.78 is 0. The Bertz CT molecular complexity index is 1440. The van der Waals surface area contributed by atoms with Crippen LogP contribution in [0, 0.1) is 0 Å². The van der Waals surface area contributed by atoms with Gasteiger partial charge in [-0.2, -0.15) is 0 Å². The van der Waals surface area contributed by atoms with E-state index in [1.165, 1.54) is 424 Å². The van der Waals surface area contributed by atoms with Crippen molar-refractivity contribution in [3.8, 4) is 0 Å². The van der Waals surface area contributed by atoms with Crippen LogP contribution in [0.15, 0.2) is 0 Å². The van der Waals surface area contributed by atoms with Gasteiger partial charge in [0.05, 0.1) is 35.0 Å². The second-order valence-electron chi connectivity index (χ2n) is 34.4. The molecule has 6 heteroatoms. The van der Waals surface area contributed by atoms with Gasteiger partial charge < -0.3 is 9.68 Å². The third kappa shape index (κ3) is 45.5. The zero-order valence-corrected chi connectivity index (χ0v) is 70.1. The lowest BCUT2D eigenvalue weighted by Gasteiger charge is -2.57. The number of carbonyl (C=O) groups excluding carboxylic acids is 2. The molecule has 0 aromatic carbocycles. The normalized spacial score (nSPS) is 16.0. The third-order valence-electron chi connectivity index (χ3n) is 25.2. The highest BCUT2D eigenvalue weighted by atomic mass is 16.7. The maximum Gasteiger partial charge on any atom is 0.325 e. The zero-order valence-electron chi connectivity index (χ0n) is 70.1. The fourth-order valence-electron chi connectivity index (χ4n) is 18.8. The summed E-state index contributed by atoms with van der Waals surface area (Å²) in [6.45, 7) is 18.7. The van der Waals surface area contributed by atoms with Crippen LogP contribution in [0.5, 0.6) is 0 Å². The SMILES string of the molecule is CCCCCCCCCCC1(CCCCCCCCCC)CCCC(CCCCCCCCCC)(CCCCCCCCCC)N1OC(=O)CCC(=O)ON1C(CCCCCCCCCC)(CCCCCCCCCC)CCCC1(CCCCCCCCCC)CCCCCCCCCC. The molecule has 2 saturated heterocycles. The Balaban J connectivity index is 2.79. The minimum absolute atomic E-state index is 0.104. The number of hydroxylamine groups is 4. The Morgan fingerprint density at radius 1 is 0.200 bits per heavy atom. The van der Waals surface area contributed by atoms with E-state index in [1.54, 1.807) is 0 Å². The number of carbonyl (C=O) groups is 2. The molecule has 2 aliphatic heterocycles. The number of hydrogen-bond acceptors (Lipinski definition) is 6. The van der Waals surface area contributed by atoms with E-state index in [4.69, 9.17) is 9.68 Å². The van der Waals surface area contributed by atoms with E-state index in [1.807, 2.05) is 0 Å². The van der Waals surface area contributed by atoms with Crippen LogP contribution in [0.2, 0.25) is 0 Å². The van der Waals surface area contributed by atoms with Gasteiger partial charge in [-0.1, -0.05) is 466 Å². The van der Waals surface area contributed by atoms with Crippen LogP contribution in [-0.4, -0.2) is 44.2 Å². The van der Waals surface area contributed by atoms with Gasteiger partial charge in [0.1, 0.15) is 0 Å². The minimum atomic E-state index is -0.168. The monoisotopic (exact) mass is 1410 g/mol. The summed E-state index contributed by atoms with van der Waals surface area (Å²) in [6, 6.07) is 0. The number of nitrogens with zero attached hydrogens (tertiary/aromatic N) is 2. The summed E-state index contributed by atoms with van der Waals surface area (Å²) in [4.78, 5) is 46.1. The topological polar surface area (TPSA) is 59.1 Å².